The van der Waals surface area contributed by atoms with E-state index in [1.54, 1.807) is 0 Å². The second-order valence-corrected chi connectivity index (χ2v) is 4.65. The van der Waals surface area contributed by atoms with Crippen molar-refractivity contribution >= 4 is 11.6 Å². The second-order valence-electron chi connectivity index (χ2n) is 4.65. The molecule has 0 bridgehead atoms. The van der Waals surface area contributed by atoms with Crippen LogP contribution in [0.1, 0.15) is 44.6 Å². The van der Waals surface area contributed by atoms with Crippen molar-refractivity contribution in [3.8, 4) is 0 Å². The van der Waals surface area contributed by atoms with Crippen LogP contribution in [0.25, 0.3) is 0 Å². The lowest BCUT2D eigenvalue weighted by Gasteiger charge is -2.05. The molecule has 1 aromatic carbocycles. The monoisotopic (exact) mass is 248 g/mol. The lowest BCUT2D eigenvalue weighted by molar-refractivity contribution is -0.121. The lowest BCUT2D eigenvalue weighted by atomic mass is 10.1. The molecule has 18 heavy (non-hydrogen) atoms. The van der Waals surface area contributed by atoms with Crippen LogP contribution < -0.4 is 11.1 Å². The van der Waals surface area contributed by atoms with Gasteiger partial charge < -0.3 is 11.1 Å². The molecule has 0 unspecified atom stereocenters. The van der Waals surface area contributed by atoms with Crippen molar-refractivity contribution in [3.63, 3.8) is 0 Å². The van der Waals surface area contributed by atoms with E-state index in [4.69, 9.17) is 5.73 Å². The Bertz CT molecular complexity index is 346. The van der Waals surface area contributed by atoms with Gasteiger partial charge in [-0.1, -0.05) is 38.3 Å². The van der Waals surface area contributed by atoms with Crippen molar-refractivity contribution in [2.45, 2.75) is 45.4 Å². The maximum atomic E-state index is 11.6. The predicted octanol–water partition coefficient (Wildman–Crippen LogP) is 2.90. The number of nitrogens with one attached hydrogen (secondary N) is 1. The van der Waals surface area contributed by atoms with Crippen molar-refractivity contribution in [1.82, 2.24) is 5.32 Å². The maximum absolute atomic E-state index is 11.6. The van der Waals surface area contributed by atoms with Crippen LogP contribution in [0, 0.1) is 0 Å². The zero-order valence-electron chi connectivity index (χ0n) is 11.2. The molecule has 1 aromatic rings. The SMILES string of the molecule is CCCCCCNC(=O)CCc1ccc(N)cc1. The Balaban J connectivity index is 2.11. The van der Waals surface area contributed by atoms with Crippen LogP contribution in [0.5, 0.6) is 0 Å². The average Bonchev–Trinajstić information content (AvgIpc) is 2.38. The van der Waals surface area contributed by atoms with Crippen LogP contribution in [0.2, 0.25) is 0 Å². The molecule has 3 heteroatoms. The number of hydrogen-bond donors (Lipinski definition) is 2. The Morgan fingerprint density at radius 2 is 1.89 bits per heavy atom. The molecule has 0 aliphatic heterocycles. The molecule has 0 spiro atoms. The summed E-state index contributed by atoms with van der Waals surface area (Å²) in [4.78, 5) is 11.6. The van der Waals surface area contributed by atoms with E-state index in [0.717, 1.165) is 30.6 Å². The fourth-order valence-electron chi connectivity index (χ4n) is 1.81. The number of benzene rings is 1. The highest BCUT2D eigenvalue weighted by Gasteiger charge is 2.01. The topological polar surface area (TPSA) is 55.1 Å². The Morgan fingerprint density at radius 3 is 2.56 bits per heavy atom. The van der Waals surface area contributed by atoms with Gasteiger partial charge >= 0.3 is 0 Å². The molecule has 0 aliphatic rings. The highest BCUT2D eigenvalue weighted by atomic mass is 16.1. The Kier molecular flexibility index (Phi) is 6.92. The normalized spacial score (nSPS) is 10.3. The van der Waals surface area contributed by atoms with Gasteiger partial charge in [0.05, 0.1) is 0 Å². The van der Waals surface area contributed by atoms with Gasteiger partial charge in [-0.05, 0) is 30.5 Å². The third kappa shape index (κ3) is 6.28. The number of hydrogen-bond acceptors (Lipinski definition) is 2. The Hall–Kier alpha value is -1.51. The van der Waals surface area contributed by atoms with Crippen molar-refractivity contribution in [2.24, 2.45) is 0 Å². The standard InChI is InChI=1S/C15H24N2O/c1-2-3-4-5-12-17-15(18)11-8-13-6-9-14(16)10-7-13/h6-7,9-10H,2-5,8,11-12,16H2,1H3,(H,17,18). The van der Waals surface area contributed by atoms with Crippen LogP contribution in [0.15, 0.2) is 24.3 Å². The number of carbonyl (C=O) groups excluding carboxylic acids is 1. The third-order valence-electron chi connectivity index (χ3n) is 2.97. The van der Waals surface area contributed by atoms with Gasteiger partial charge in [0.15, 0.2) is 0 Å². The number of unbranched alkanes of at least 4 members (excludes halogenated alkanes) is 3. The van der Waals surface area contributed by atoms with Gasteiger partial charge in [0.1, 0.15) is 0 Å². The first-order chi connectivity index (χ1) is 8.72. The fourth-order valence-corrected chi connectivity index (χ4v) is 1.81. The van der Waals surface area contributed by atoms with E-state index in [2.05, 4.69) is 12.2 Å². The summed E-state index contributed by atoms with van der Waals surface area (Å²) in [6, 6.07) is 7.70. The molecule has 1 amide bonds. The molecule has 0 saturated heterocycles. The number of nitrogen functional groups attached to an aromatic ring is 1. The minimum Gasteiger partial charge on any atom is -0.399 e. The quantitative estimate of drug-likeness (QED) is 0.549. The second kappa shape index (κ2) is 8.56. The zero-order valence-corrected chi connectivity index (χ0v) is 11.2. The largest absolute Gasteiger partial charge is 0.399 e. The van der Waals surface area contributed by atoms with E-state index in [-0.39, 0.29) is 5.91 Å². The number of aryl methyl sites for hydroxylation is 1. The molecule has 3 nitrogen and oxygen atoms in total. The molecule has 1 rings (SSSR count). The minimum absolute atomic E-state index is 0.142. The molecule has 0 saturated carbocycles. The Morgan fingerprint density at radius 1 is 1.17 bits per heavy atom. The van der Waals surface area contributed by atoms with Crippen LogP contribution in [0.4, 0.5) is 5.69 Å². The predicted molar refractivity (Wildman–Crippen MR) is 76.3 cm³/mol. The van der Waals surface area contributed by atoms with E-state index >= 15 is 0 Å². The summed E-state index contributed by atoms with van der Waals surface area (Å²) in [5.74, 6) is 0.142. The summed E-state index contributed by atoms with van der Waals surface area (Å²) in [6.07, 6.45) is 6.10. The first-order valence-corrected chi connectivity index (χ1v) is 6.83. The minimum atomic E-state index is 0.142. The summed E-state index contributed by atoms with van der Waals surface area (Å²) >= 11 is 0. The summed E-state index contributed by atoms with van der Waals surface area (Å²) < 4.78 is 0. The van der Waals surface area contributed by atoms with Crippen molar-refractivity contribution in [2.75, 3.05) is 12.3 Å². The van der Waals surface area contributed by atoms with Gasteiger partial charge in [0.25, 0.3) is 0 Å². The molecular formula is C15H24N2O. The number of anilines is 1. The van der Waals surface area contributed by atoms with Crippen LogP contribution in [-0.4, -0.2) is 12.5 Å². The lowest BCUT2D eigenvalue weighted by Crippen LogP contribution is -2.24. The molecule has 0 aliphatic carbocycles. The third-order valence-corrected chi connectivity index (χ3v) is 2.97. The van der Waals surface area contributed by atoms with Crippen LogP contribution in [-0.2, 0) is 11.2 Å². The van der Waals surface area contributed by atoms with Crippen molar-refractivity contribution < 1.29 is 4.79 Å². The fraction of sp³-hybridized carbons (Fsp3) is 0.533. The molecule has 0 aromatic heterocycles. The first-order valence-electron chi connectivity index (χ1n) is 6.83. The highest BCUT2D eigenvalue weighted by Crippen LogP contribution is 2.07. The van der Waals surface area contributed by atoms with Gasteiger partial charge in [-0.15, -0.1) is 0 Å². The number of rotatable bonds is 8. The van der Waals surface area contributed by atoms with E-state index in [0.29, 0.717) is 6.42 Å². The van der Waals surface area contributed by atoms with Gasteiger partial charge in [-0.2, -0.15) is 0 Å². The molecule has 0 heterocycles. The first kappa shape index (κ1) is 14.6. The Labute approximate surface area is 110 Å². The molecular weight excluding hydrogens is 224 g/mol. The summed E-state index contributed by atoms with van der Waals surface area (Å²) in [7, 11) is 0. The van der Waals surface area contributed by atoms with Gasteiger partial charge in [0.2, 0.25) is 5.91 Å². The number of amides is 1. The summed E-state index contributed by atoms with van der Waals surface area (Å²) in [5, 5.41) is 2.96. The van der Waals surface area contributed by atoms with E-state index in [1.807, 2.05) is 24.3 Å². The molecule has 100 valence electrons. The van der Waals surface area contributed by atoms with Crippen molar-refractivity contribution in [3.05, 3.63) is 29.8 Å². The van der Waals surface area contributed by atoms with Crippen LogP contribution in [0.3, 0.4) is 0 Å². The average molecular weight is 248 g/mol. The molecule has 0 fully saturated rings. The molecule has 0 radical (unpaired) electrons. The summed E-state index contributed by atoms with van der Waals surface area (Å²) in [5.41, 5.74) is 7.53. The zero-order chi connectivity index (χ0) is 13.2. The van der Waals surface area contributed by atoms with Gasteiger partial charge in [-0.25, -0.2) is 0 Å². The summed E-state index contributed by atoms with van der Waals surface area (Å²) in [6.45, 7) is 2.99. The number of carbonyl (C=O) groups is 1. The van der Waals surface area contributed by atoms with E-state index in [9.17, 15) is 4.79 Å². The van der Waals surface area contributed by atoms with E-state index < -0.39 is 0 Å². The highest BCUT2D eigenvalue weighted by molar-refractivity contribution is 5.76. The van der Waals surface area contributed by atoms with Crippen LogP contribution >= 0.6 is 0 Å². The molecule has 3 N–H and O–H groups in total. The maximum Gasteiger partial charge on any atom is 0.220 e. The number of nitrogens with two attached hydrogens (primary N) is 1. The van der Waals surface area contributed by atoms with Gasteiger partial charge in [0, 0.05) is 18.7 Å². The van der Waals surface area contributed by atoms with Crippen molar-refractivity contribution in [1.29, 1.82) is 0 Å². The smallest absolute Gasteiger partial charge is 0.220 e. The molecule has 0 atom stereocenters. The van der Waals surface area contributed by atoms with E-state index in [1.165, 1.54) is 19.3 Å². The van der Waals surface area contributed by atoms with Gasteiger partial charge in [-0.3, -0.25) is 4.79 Å².